The van der Waals surface area contributed by atoms with Crippen molar-refractivity contribution in [2.24, 2.45) is 5.10 Å². The van der Waals surface area contributed by atoms with Gasteiger partial charge < -0.3 is 0 Å². The number of amides is 1. The molecule has 2 aromatic heterocycles. The number of hydrogen-bond acceptors (Lipinski definition) is 6. The van der Waals surface area contributed by atoms with Crippen LogP contribution < -0.4 is 11.0 Å². The number of carbonyl (C=O) groups is 1. The fraction of sp³-hybridized carbons (Fsp3) is 0.200. The van der Waals surface area contributed by atoms with Crippen LogP contribution in [0.2, 0.25) is 5.02 Å². The first-order valence-corrected chi connectivity index (χ1v) is 14.0. The summed E-state index contributed by atoms with van der Waals surface area (Å²) in [5.41, 5.74) is 5.10. The summed E-state index contributed by atoms with van der Waals surface area (Å²) in [6.07, 6.45) is 5.68. The predicted molar refractivity (Wildman–Crippen MR) is 147 cm³/mol. The Kier molecular flexibility index (Phi) is 7.38. The van der Waals surface area contributed by atoms with Crippen molar-refractivity contribution >= 4 is 73.0 Å². The van der Waals surface area contributed by atoms with Gasteiger partial charge in [0.1, 0.15) is 4.83 Å². The molecule has 1 N–H and O–H groups in total. The minimum atomic E-state index is -0.288. The third-order valence-electron chi connectivity index (χ3n) is 5.63. The highest BCUT2D eigenvalue weighted by molar-refractivity contribution is 9.10. The zero-order chi connectivity index (χ0) is 24.4. The van der Waals surface area contributed by atoms with Crippen molar-refractivity contribution in [2.75, 3.05) is 5.75 Å². The Labute approximate surface area is 223 Å². The lowest BCUT2D eigenvalue weighted by Gasteiger charge is -2.13. The van der Waals surface area contributed by atoms with Crippen LogP contribution in [-0.2, 0) is 17.6 Å². The molecule has 2 aromatic carbocycles. The number of rotatable bonds is 6. The van der Waals surface area contributed by atoms with Crippen LogP contribution in [0.15, 0.2) is 68.1 Å². The maximum Gasteiger partial charge on any atom is 0.267 e. The molecule has 1 aliphatic carbocycles. The van der Waals surface area contributed by atoms with Crippen LogP contribution in [-0.4, -0.2) is 27.4 Å². The molecule has 0 saturated carbocycles. The molecule has 4 aromatic rings. The number of thioether (sulfide) groups is 1. The van der Waals surface area contributed by atoms with E-state index in [9.17, 15) is 9.59 Å². The summed E-state index contributed by atoms with van der Waals surface area (Å²) in [4.78, 5) is 33.0. The lowest BCUT2D eigenvalue weighted by Crippen LogP contribution is -2.24. The van der Waals surface area contributed by atoms with Crippen molar-refractivity contribution < 1.29 is 4.79 Å². The Balaban J connectivity index is 1.43. The Morgan fingerprint density at radius 2 is 2.03 bits per heavy atom. The highest BCUT2D eigenvalue weighted by atomic mass is 79.9. The monoisotopic (exact) mass is 586 g/mol. The number of nitrogens with one attached hydrogen (secondary N) is 1. The molecule has 0 aliphatic heterocycles. The van der Waals surface area contributed by atoms with Gasteiger partial charge in [0, 0.05) is 14.4 Å². The van der Waals surface area contributed by atoms with E-state index in [0.29, 0.717) is 21.3 Å². The lowest BCUT2D eigenvalue weighted by molar-refractivity contribution is -0.118. The maximum atomic E-state index is 13.7. The van der Waals surface area contributed by atoms with Gasteiger partial charge in [-0.15, -0.1) is 11.3 Å². The first-order chi connectivity index (χ1) is 17.0. The molecule has 0 radical (unpaired) electrons. The lowest BCUT2D eigenvalue weighted by atomic mass is 9.97. The maximum absolute atomic E-state index is 13.7. The molecule has 0 fully saturated rings. The summed E-state index contributed by atoms with van der Waals surface area (Å²) in [6.45, 7) is 0. The number of halogens is 2. The van der Waals surface area contributed by atoms with Crippen LogP contribution in [0.4, 0.5) is 0 Å². The van der Waals surface area contributed by atoms with Crippen LogP contribution >= 0.6 is 50.6 Å². The smallest absolute Gasteiger partial charge is 0.267 e. The summed E-state index contributed by atoms with van der Waals surface area (Å²) in [6, 6.07) is 14.7. The largest absolute Gasteiger partial charge is 0.272 e. The molecule has 5 rings (SSSR count). The molecule has 1 amide bonds. The van der Waals surface area contributed by atoms with Gasteiger partial charge in [-0.25, -0.2) is 10.4 Å². The Morgan fingerprint density at radius 1 is 1.23 bits per heavy atom. The third-order valence-corrected chi connectivity index (χ3v) is 8.50. The second-order valence-corrected chi connectivity index (χ2v) is 11.4. The molecule has 0 spiro atoms. The van der Waals surface area contributed by atoms with E-state index in [1.165, 1.54) is 16.6 Å². The molecule has 0 unspecified atom stereocenters. The second-order valence-electron chi connectivity index (χ2n) is 8.04. The Hall–Kier alpha value is -2.46. The second kappa shape index (κ2) is 10.7. The van der Waals surface area contributed by atoms with Gasteiger partial charge in [0.25, 0.3) is 11.5 Å². The molecule has 0 saturated heterocycles. The van der Waals surface area contributed by atoms with Crippen molar-refractivity contribution in [3.8, 4) is 5.69 Å². The SMILES string of the molecule is O=C(CSc1nc2sc3c(c2c(=O)n1-c1ccc(Cl)cc1)CCCC3)NN=Cc1cccc(Br)c1. The van der Waals surface area contributed by atoms with Crippen molar-refractivity contribution in [1.82, 2.24) is 15.0 Å². The summed E-state index contributed by atoms with van der Waals surface area (Å²) >= 11 is 12.3. The number of aryl methyl sites for hydroxylation is 2. The number of aromatic nitrogens is 2. The summed E-state index contributed by atoms with van der Waals surface area (Å²) in [5.74, 6) is -0.226. The molecule has 10 heteroatoms. The van der Waals surface area contributed by atoms with Gasteiger partial charge in [0.2, 0.25) is 0 Å². The highest BCUT2D eigenvalue weighted by Crippen LogP contribution is 2.35. The fourth-order valence-corrected chi connectivity index (χ4v) is 6.68. The van der Waals surface area contributed by atoms with E-state index in [0.717, 1.165) is 46.1 Å². The van der Waals surface area contributed by atoms with Gasteiger partial charge in [0.05, 0.1) is 23.0 Å². The molecule has 0 atom stereocenters. The van der Waals surface area contributed by atoms with Gasteiger partial charge in [0.15, 0.2) is 5.16 Å². The number of carbonyl (C=O) groups excluding carboxylic acids is 1. The average molecular weight is 588 g/mol. The van der Waals surface area contributed by atoms with Gasteiger partial charge >= 0.3 is 0 Å². The Bertz CT molecular complexity index is 1500. The zero-order valence-electron chi connectivity index (χ0n) is 18.5. The molecule has 2 heterocycles. The molecule has 178 valence electrons. The molecule has 35 heavy (non-hydrogen) atoms. The molecular weight excluding hydrogens is 568 g/mol. The van der Waals surface area contributed by atoms with Crippen LogP contribution in [0.3, 0.4) is 0 Å². The van der Waals surface area contributed by atoms with Crippen LogP contribution in [0, 0.1) is 0 Å². The Morgan fingerprint density at radius 3 is 2.83 bits per heavy atom. The average Bonchev–Trinajstić information content (AvgIpc) is 3.22. The van der Waals surface area contributed by atoms with Gasteiger partial charge in [-0.2, -0.15) is 5.10 Å². The standard InChI is InChI=1S/C25H20BrClN4O2S2/c26-16-5-3-4-15(12-16)13-28-30-21(32)14-34-25-29-23-22(19-6-1-2-7-20(19)35-23)24(33)31(25)18-10-8-17(27)9-11-18/h3-5,8-13H,1-2,6-7,14H2,(H,30,32). The summed E-state index contributed by atoms with van der Waals surface area (Å²) in [5, 5.41) is 5.79. The van der Waals surface area contributed by atoms with E-state index in [4.69, 9.17) is 16.6 Å². The zero-order valence-corrected chi connectivity index (χ0v) is 22.4. The predicted octanol–water partition coefficient (Wildman–Crippen LogP) is 5.98. The molecule has 6 nitrogen and oxygen atoms in total. The quantitative estimate of drug-likeness (QED) is 0.130. The van der Waals surface area contributed by atoms with Crippen molar-refractivity contribution in [2.45, 2.75) is 30.8 Å². The van der Waals surface area contributed by atoms with Crippen molar-refractivity contribution in [3.63, 3.8) is 0 Å². The number of hydrogen-bond donors (Lipinski definition) is 1. The third kappa shape index (κ3) is 5.38. The van der Waals surface area contributed by atoms with Crippen molar-refractivity contribution in [1.29, 1.82) is 0 Å². The highest BCUT2D eigenvalue weighted by Gasteiger charge is 2.23. The van der Waals surface area contributed by atoms with Crippen molar-refractivity contribution in [3.05, 3.63) is 84.4 Å². The van der Waals surface area contributed by atoms with Crippen LogP contribution in [0.25, 0.3) is 15.9 Å². The van der Waals surface area contributed by atoms with Crippen LogP contribution in [0.5, 0.6) is 0 Å². The van der Waals surface area contributed by atoms with E-state index in [2.05, 4.69) is 26.5 Å². The number of fused-ring (bicyclic) bond motifs is 3. The summed E-state index contributed by atoms with van der Waals surface area (Å²) < 4.78 is 2.52. The molecular formula is C25H20BrClN4O2S2. The minimum absolute atomic E-state index is 0.0620. The van der Waals surface area contributed by atoms with E-state index in [1.54, 1.807) is 46.4 Å². The molecule has 0 bridgehead atoms. The minimum Gasteiger partial charge on any atom is -0.272 e. The number of benzene rings is 2. The first kappa shape index (κ1) is 24.2. The van der Waals surface area contributed by atoms with Crippen LogP contribution in [0.1, 0.15) is 28.8 Å². The van der Waals surface area contributed by atoms with E-state index in [1.807, 2.05) is 24.3 Å². The van der Waals surface area contributed by atoms with Gasteiger partial charge in [-0.3, -0.25) is 14.2 Å². The topological polar surface area (TPSA) is 76.3 Å². The van der Waals surface area contributed by atoms with Gasteiger partial charge in [-0.1, -0.05) is 51.4 Å². The van der Waals surface area contributed by atoms with Gasteiger partial charge in [-0.05, 0) is 73.2 Å². The van der Waals surface area contributed by atoms with E-state index >= 15 is 0 Å². The summed E-state index contributed by atoms with van der Waals surface area (Å²) in [7, 11) is 0. The number of thiophene rings is 1. The number of hydrazone groups is 1. The first-order valence-electron chi connectivity index (χ1n) is 11.0. The normalized spacial score (nSPS) is 13.3. The molecule has 1 aliphatic rings. The van der Waals surface area contributed by atoms with E-state index in [-0.39, 0.29) is 17.2 Å². The number of nitrogens with zero attached hydrogens (tertiary/aromatic N) is 3. The fourth-order valence-electron chi connectivity index (χ4n) is 4.03. The van der Waals surface area contributed by atoms with E-state index < -0.39 is 0 Å².